The van der Waals surface area contributed by atoms with Crippen molar-refractivity contribution in [2.75, 3.05) is 7.05 Å². The molecule has 0 saturated heterocycles. The molecule has 0 bridgehead atoms. The van der Waals surface area contributed by atoms with Gasteiger partial charge in [0.15, 0.2) is 0 Å². The molecule has 5 heteroatoms. The second-order valence-electron chi connectivity index (χ2n) is 6.86. The van der Waals surface area contributed by atoms with Gasteiger partial charge < -0.3 is 14.8 Å². The first-order valence-electron chi connectivity index (χ1n) is 9.37. The van der Waals surface area contributed by atoms with E-state index in [-0.39, 0.29) is 11.8 Å². The zero-order chi connectivity index (χ0) is 18.4. The summed E-state index contributed by atoms with van der Waals surface area (Å²) in [7, 11) is 1.63. The number of benzene rings is 1. The van der Waals surface area contributed by atoms with Crippen LogP contribution in [0.5, 0.6) is 0 Å². The van der Waals surface area contributed by atoms with Crippen molar-refractivity contribution in [1.29, 1.82) is 0 Å². The topological polar surface area (TPSA) is 54.3 Å². The van der Waals surface area contributed by atoms with Gasteiger partial charge in [0, 0.05) is 45.4 Å². The molecule has 1 aliphatic heterocycles. The van der Waals surface area contributed by atoms with Gasteiger partial charge in [-0.3, -0.25) is 9.59 Å². The summed E-state index contributed by atoms with van der Waals surface area (Å²) in [6, 6.07) is 11.7. The Kier molecular flexibility index (Phi) is 6.10. The number of carbonyl (C=O) groups is 2. The molecular weight excluding hydrogens is 326 g/mol. The molecule has 2 aromatic rings. The Morgan fingerprint density at radius 1 is 1.04 bits per heavy atom. The fraction of sp³-hybridized carbons (Fsp3) is 0.429. The molecule has 0 aliphatic carbocycles. The third kappa shape index (κ3) is 4.34. The van der Waals surface area contributed by atoms with Crippen molar-refractivity contribution in [2.24, 2.45) is 0 Å². The van der Waals surface area contributed by atoms with Crippen LogP contribution < -0.4 is 5.32 Å². The Labute approximate surface area is 155 Å². The number of rotatable bonds is 7. The van der Waals surface area contributed by atoms with E-state index in [9.17, 15) is 9.59 Å². The zero-order valence-electron chi connectivity index (χ0n) is 15.4. The fourth-order valence-corrected chi connectivity index (χ4v) is 3.60. The number of likely N-dealkylation sites (N-methyl/N-ethyl adjacent to an activating group) is 1. The molecule has 1 atom stereocenters. The summed E-state index contributed by atoms with van der Waals surface area (Å²) < 4.78 is 2.16. The maximum Gasteiger partial charge on any atom is 0.242 e. The van der Waals surface area contributed by atoms with Gasteiger partial charge in [-0.25, -0.2) is 0 Å². The number of carbonyl (C=O) groups excluding carboxylic acids is 2. The molecule has 1 N–H and O–H groups in total. The highest BCUT2D eigenvalue weighted by atomic mass is 16.2. The van der Waals surface area contributed by atoms with Gasteiger partial charge in [-0.05, 0) is 36.1 Å². The summed E-state index contributed by atoms with van der Waals surface area (Å²) in [5.41, 5.74) is 2.31. The Bertz CT molecular complexity index is 739. The smallest absolute Gasteiger partial charge is 0.242 e. The third-order valence-electron chi connectivity index (χ3n) is 5.09. The van der Waals surface area contributed by atoms with Crippen LogP contribution in [0.25, 0.3) is 0 Å². The average molecular weight is 353 g/mol. The van der Waals surface area contributed by atoms with Gasteiger partial charge in [0.1, 0.15) is 6.04 Å². The maximum absolute atomic E-state index is 12.8. The van der Waals surface area contributed by atoms with Crippen LogP contribution in [0, 0.1) is 0 Å². The number of nitrogens with zero attached hydrogens (tertiary/aromatic N) is 2. The Morgan fingerprint density at radius 2 is 1.77 bits per heavy atom. The second kappa shape index (κ2) is 8.70. The fourth-order valence-electron chi connectivity index (χ4n) is 3.60. The van der Waals surface area contributed by atoms with Crippen LogP contribution in [-0.2, 0) is 29.1 Å². The summed E-state index contributed by atoms with van der Waals surface area (Å²) in [4.78, 5) is 26.8. The number of aromatic nitrogens is 1. The molecule has 0 saturated carbocycles. The quantitative estimate of drug-likeness (QED) is 0.778. The summed E-state index contributed by atoms with van der Waals surface area (Å²) in [5.74, 6) is -0.00507. The predicted octanol–water partition coefficient (Wildman–Crippen LogP) is 2.75. The lowest BCUT2D eigenvalue weighted by molar-refractivity contribution is -0.141. The van der Waals surface area contributed by atoms with E-state index in [0.717, 1.165) is 36.9 Å². The standard InChI is InChI=1S/C21H27N3O2/c1-22-21(26)19-15-17-9-4-5-10-18(17)16-24(19)20(25)11-3-2-6-12-23-13-7-8-14-23/h4-5,7-10,13-14,19H,2-3,6,11-12,15-16H2,1H3,(H,22,26)/t19-/m0/s1. The number of hydrogen-bond donors (Lipinski definition) is 1. The second-order valence-corrected chi connectivity index (χ2v) is 6.86. The summed E-state index contributed by atoms with van der Waals surface area (Å²) in [6.07, 6.45) is 8.15. The molecule has 2 amide bonds. The van der Waals surface area contributed by atoms with Crippen LogP contribution in [-0.4, -0.2) is 34.4 Å². The Balaban J connectivity index is 1.54. The highest BCUT2D eigenvalue weighted by Crippen LogP contribution is 2.24. The number of amides is 2. The number of hydrogen-bond acceptors (Lipinski definition) is 2. The molecular formula is C21H27N3O2. The first-order chi connectivity index (χ1) is 12.7. The third-order valence-corrected chi connectivity index (χ3v) is 5.09. The van der Waals surface area contributed by atoms with Crippen LogP contribution in [0.4, 0.5) is 0 Å². The molecule has 0 unspecified atom stereocenters. The summed E-state index contributed by atoms with van der Waals surface area (Å²) >= 11 is 0. The SMILES string of the molecule is CNC(=O)[C@@H]1Cc2ccccc2CN1C(=O)CCCCCn1cccc1. The Morgan fingerprint density at radius 3 is 2.50 bits per heavy atom. The Hall–Kier alpha value is -2.56. The minimum Gasteiger partial charge on any atom is -0.357 e. The number of nitrogens with one attached hydrogen (secondary N) is 1. The van der Waals surface area contributed by atoms with Gasteiger partial charge in [-0.2, -0.15) is 0 Å². The monoisotopic (exact) mass is 353 g/mol. The van der Waals surface area contributed by atoms with Crippen molar-refractivity contribution < 1.29 is 9.59 Å². The molecule has 2 heterocycles. The van der Waals surface area contributed by atoms with Crippen LogP contribution in [0.15, 0.2) is 48.8 Å². The molecule has 26 heavy (non-hydrogen) atoms. The molecule has 0 radical (unpaired) electrons. The molecule has 3 rings (SSSR count). The van der Waals surface area contributed by atoms with Crippen molar-refractivity contribution in [1.82, 2.24) is 14.8 Å². The largest absolute Gasteiger partial charge is 0.357 e. The van der Waals surface area contributed by atoms with Crippen molar-refractivity contribution in [2.45, 2.75) is 51.2 Å². The number of aryl methyl sites for hydroxylation is 1. The minimum atomic E-state index is -0.401. The molecule has 1 aromatic carbocycles. The van der Waals surface area contributed by atoms with E-state index in [1.807, 2.05) is 36.4 Å². The molecule has 1 aliphatic rings. The molecule has 138 valence electrons. The van der Waals surface area contributed by atoms with Crippen molar-refractivity contribution in [3.63, 3.8) is 0 Å². The van der Waals surface area contributed by atoms with Crippen LogP contribution >= 0.6 is 0 Å². The van der Waals surface area contributed by atoms with Gasteiger partial charge in [-0.15, -0.1) is 0 Å². The summed E-state index contributed by atoms with van der Waals surface area (Å²) in [6.45, 7) is 1.51. The van der Waals surface area contributed by atoms with Gasteiger partial charge in [0.2, 0.25) is 11.8 Å². The lowest BCUT2D eigenvalue weighted by Crippen LogP contribution is -2.51. The first-order valence-corrected chi connectivity index (χ1v) is 9.37. The van der Waals surface area contributed by atoms with Crippen molar-refractivity contribution in [3.05, 3.63) is 59.9 Å². The van der Waals surface area contributed by atoms with E-state index in [2.05, 4.69) is 22.3 Å². The van der Waals surface area contributed by atoms with E-state index in [1.165, 1.54) is 0 Å². The summed E-state index contributed by atoms with van der Waals surface area (Å²) in [5, 5.41) is 2.71. The number of fused-ring (bicyclic) bond motifs is 1. The molecule has 0 spiro atoms. The minimum absolute atomic E-state index is 0.0778. The van der Waals surface area contributed by atoms with E-state index < -0.39 is 6.04 Å². The maximum atomic E-state index is 12.8. The van der Waals surface area contributed by atoms with Gasteiger partial charge in [0.05, 0.1) is 0 Å². The van der Waals surface area contributed by atoms with Crippen LogP contribution in [0.1, 0.15) is 36.8 Å². The average Bonchev–Trinajstić information content (AvgIpc) is 3.19. The van der Waals surface area contributed by atoms with E-state index in [0.29, 0.717) is 19.4 Å². The zero-order valence-corrected chi connectivity index (χ0v) is 15.4. The number of unbranched alkanes of at least 4 members (excludes halogenated alkanes) is 2. The highest BCUT2D eigenvalue weighted by Gasteiger charge is 2.33. The lowest BCUT2D eigenvalue weighted by atomic mass is 9.93. The van der Waals surface area contributed by atoms with E-state index in [1.54, 1.807) is 11.9 Å². The van der Waals surface area contributed by atoms with Gasteiger partial charge in [0.25, 0.3) is 0 Å². The molecule has 5 nitrogen and oxygen atoms in total. The van der Waals surface area contributed by atoms with E-state index >= 15 is 0 Å². The first kappa shape index (κ1) is 18.2. The van der Waals surface area contributed by atoms with Gasteiger partial charge in [-0.1, -0.05) is 30.7 Å². The lowest BCUT2D eigenvalue weighted by Gasteiger charge is -2.36. The molecule has 0 fully saturated rings. The van der Waals surface area contributed by atoms with Crippen molar-refractivity contribution in [3.8, 4) is 0 Å². The predicted molar refractivity (Wildman–Crippen MR) is 101 cm³/mol. The molecule has 1 aromatic heterocycles. The highest BCUT2D eigenvalue weighted by molar-refractivity contribution is 5.88. The van der Waals surface area contributed by atoms with Gasteiger partial charge >= 0.3 is 0 Å². The van der Waals surface area contributed by atoms with E-state index in [4.69, 9.17) is 0 Å². The van der Waals surface area contributed by atoms with Crippen LogP contribution in [0.2, 0.25) is 0 Å². The van der Waals surface area contributed by atoms with Crippen LogP contribution in [0.3, 0.4) is 0 Å². The normalized spacial score (nSPS) is 16.2. The van der Waals surface area contributed by atoms with Crippen molar-refractivity contribution >= 4 is 11.8 Å².